The number of benzene rings is 1. The van der Waals surface area contributed by atoms with Gasteiger partial charge in [-0.1, -0.05) is 6.92 Å². The predicted molar refractivity (Wildman–Crippen MR) is 66.2 cm³/mol. The first kappa shape index (κ1) is 12.4. The van der Waals surface area contributed by atoms with Gasteiger partial charge >= 0.3 is 0 Å². The van der Waals surface area contributed by atoms with E-state index in [1.807, 2.05) is 6.92 Å². The summed E-state index contributed by atoms with van der Waals surface area (Å²) in [5.74, 6) is -0.602. The van der Waals surface area contributed by atoms with E-state index in [1.54, 1.807) is 6.07 Å². The minimum absolute atomic E-state index is 0.262. The Morgan fingerprint density at radius 1 is 1.17 bits per heavy atom. The molecule has 0 unspecified atom stereocenters. The van der Waals surface area contributed by atoms with Crippen molar-refractivity contribution in [3.63, 3.8) is 0 Å². The van der Waals surface area contributed by atoms with E-state index in [-0.39, 0.29) is 5.56 Å². The molecule has 5 heteroatoms. The van der Waals surface area contributed by atoms with E-state index >= 15 is 0 Å². The zero-order valence-electron chi connectivity index (χ0n) is 9.95. The van der Waals surface area contributed by atoms with Crippen LogP contribution in [0.5, 0.6) is 0 Å². The maximum Gasteiger partial charge on any atom is 0.135 e. The maximum absolute atomic E-state index is 13.6. The Kier molecular flexibility index (Phi) is 3.82. The fraction of sp³-hybridized carbons (Fsp3) is 0.231. The van der Waals surface area contributed by atoms with Crippen LogP contribution in [-0.4, -0.2) is 16.5 Å². The number of nitrogens with one attached hydrogen (secondary N) is 1. The van der Waals surface area contributed by atoms with E-state index in [4.69, 9.17) is 0 Å². The van der Waals surface area contributed by atoms with E-state index in [2.05, 4.69) is 15.3 Å². The van der Waals surface area contributed by atoms with Crippen LogP contribution in [0.15, 0.2) is 30.6 Å². The van der Waals surface area contributed by atoms with Crippen LogP contribution in [0.2, 0.25) is 0 Å². The van der Waals surface area contributed by atoms with Crippen LogP contribution in [0.25, 0.3) is 11.3 Å². The second kappa shape index (κ2) is 5.53. The zero-order chi connectivity index (χ0) is 13.0. The highest BCUT2D eigenvalue weighted by Gasteiger charge is 2.08. The van der Waals surface area contributed by atoms with Crippen LogP contribution in [0, 0.1) is 11.6 Å². The van der Waals surface area contributed by atoms with Crippen molar-refractivity contribution >= 4 is 5.82 Å². The van der Waals surface area contributed by atoms with Gasteiger partial charge in [0.15, 0.2) is 0 Å². The van der Waals surface area contributed by atoms with Crippen molar-refractivity contribution in [1.82, 2.24) is 9.97 Å². The number of nitrogens with zero attached hydrogens (tertiary/aromatic N) is 2. The van der Waals surface area contributed by atoms with Gasteiger partial charge in [-0.05, 0) is 18.6 Å². The predicted octanol–water partition coefficient (Wildman–Crippen LogP) is 3.24. The molecular formula is C13H13F2N3. The highest BCUT2D eigenvalue weighted by molar-refractivity contribution is 5.62. The molecule has 2 aromatic rings. The van der Waals surface area contributed by atoms with Crippen LogP contribution in [0.3, 0.4) is 0 Å². The number of anilines is 1. The van der Waals surface area contributed by atoms with Gasteiger partial charge in [0.05, 0.1) is 5.69 Å². The summed E-state index contributed by atoms with van der Waals surface area (Å²) in [6.07, 6.45) is 2.32. The van der Waals surface area contributed by atoms with Crippen LogP contribution in [-0.2, 0) is 0 Å². The first-order valence-electron chi connectivity index (χ1n) is 5.72. The summed E-state index contributed by atoms with van der Waals surface area (Å²) < 4.78 is 26.4. The van der Waals surface area contributed by atoms with Crippen LogP contribution >= 0.6 is 0 Å². The molecule has 0 saturated carbocycles. The van der Waals surface area contributed by atoms with Crippen LogP contribution in [0.1, 0.15) is 13.3 Å². The Labute approximate surface area is 104 Å². The average Bonchev–Trinajstić information content (AvgIpc) is 2.36. The summed E-state index contributed by atoms with van der Waals surface area (Å²) in [6.45, 7) is 2.82. The summed E-state index contributed by atoms with van der Waals surface area (Å²) in [4.78, 5) is 8.03. The molecule has 0 fully saturated rings. The summed E-state index contributed by atoms with van der Waals surface area (Å²) >= 11 is 0. The lowest BCUT2D eigenvalue weighted by atomic mass is 10.1. The van der Waals surface area contributed by atoms with Gasteiger partial charge in [0, 0.05) is 24.2 Å². The fourth-order valence-corrected chi connectivity index (χ4v) is 1.55. The molecule has 0 spiro atoms. The van der Waals surface area contributed by atoms with Gasteiger partial charge < -0.3 is 5.32 Å². The molecule has 0 bridgehead atoms. The van der Waals surface area contributed by atoms with Crippen molar-refractivity contribution in [2.75, 3.05) is 11.9 Å². The third-order valence-corrected chi connectivity index (χ3v) is 2.43. The first-order chi connectivity index (χ1) is 8.70. The van der Waals surface area contributed by atoms with Crippen molar-refractivity contribution < 1.29 is 8.78 Å². The molecule has 1 N–H and O–H groups in total. The van der Waals surface area contributed by atoms with Gasteiger partial charge in [0.25, 0.3) is 0 Å². The number of hydrogen-bond donors (Lipinski definition) is 1. The lowest BCUT2D eigenvalue weighted by Gasteiger charge is -2.06. The third kappa shape index (κ3) is 2.80. The quantitative estimate of drug-likeness (QED) is 0.903. The molecule has 0 aliphatic carbocycles. The van der Waals surface area contributed by atoms with E-state index in [0.29, 0.717) is 11.5 Å². The molecule has 0 saturated heterocycles. The molecule has 0 radical (unpaired) electrons. The molecule has 1 aromatic carbocycles. The molecule has 3 nitrogen and oxygen atoms in total. The van der Waals surface area contributed by atoms with Crippen LogP contribution < -0.4 is 5.32 Å². The van der Waals surface area contributed by atoms with Gasteiger partial charge in [0.1, 0.15) is 23.8 Å². The van der Waals surface area contributed by atoms with Crippen molar-refractivity contribution in [3.8, 4) is 11.3 Å². The second-order valence-corrected chi connectivity index (χ2v) is 3.84. The van der Waals surface area contributed by atoms with Crippen molar-refractivity contribution in [2.24, 2.45) is 0 Å². The summed E-state index contributed by atoms with van der Waals surface area (Å²) in [5.41, 5.74) is 0.694. The van der Waals surface area contributed by atoms with Crippen LogP contribution in [0.4, 0.5) is 14.6 Å². The lowest BCUT2D eigenvalue weighted by Crippen LogP contribution is -2.02. The van der Waals surface area contributed by atoms with E-state index in [9.17, 15) is 8.78 Å². The summed E-state index contributed by atoms with van der Waals surface area (Å²) in [5, 5.41) is 3.09. The van der Waals surface area contributed by atoms with E-state index in [0.717, 1.165) is 19.0 Å². The lowest BCUT2D eigenvalue weighted by molar-refractivity contribution is 0.585. The highest BCUT2D eigenvalue weighted by Crippen LogP contribution is 2.22. The maximum atomic E-state index is 13.6. The zero-order valence-corrected chi connectivity index (χ0v) is 9.95. The van der Waals surface area contributed by atoms with E-state index in [1.165, 1.54) is 18.5 Å². The van der Waals surface area contributed by atoms with Gasteiger partial charge in [0.2, 0.25) is 0 Å². The number of hydrogen-bond acceptors (Lipinski definition) is 3. The number of aromatic nitrogens is 2. The molecule has 94 valence electrons. The smallest absolute Gasteiger partial charge is 0.135 e. The molecular weight excluding hydrogens is 236 g/mol. The van der Waals surface area contributed by atoms with Crippen molar-refractivity contribution in [2.45, 2.75) is 13.3 Å². The second-order valence-electron chi connectivity index (χ2n) is 3.84. The molecule has 0 amide bonds. The average molecular weight is 249 g/mol. The molecule has 1 heterocycles. The Hall–Kier alpha value is -2.04. The third-order valence-electron chi connectivity index (χ3n) is 2.43. The standard InChI is InChI=1S/C13H13F2N3/c1-2-5-16-13-7-12(17-8-18-13)10-4-3-9(14)6-11(10)15/h3-4,6-8H,2,5H2,1H3,(H,16,17,18). The van der Waals surface area contributed by atoms with Crippen molar-refractivity contribution in [3.05, 3.63) is 42.2 Å². The molecule has 0 aliphatic heterocycles. The van der Waals surface area contributed by atoms with E-state index < -0.39 is 11.6 Å². The monoisotopic (exact) mass is 249 g/mol. The first-order valence-corrected chi connectivity index (χ1v) is 5.72. The normalized spacial score (nSPS) is 10.4. The Morgan fingerprint density at radius 3 is 2.72 bits per heavy atom. The number of halogens is 2. The fourth-order valence-electron chi connectivity index (χ4n) is 1.55. The molecule has 0 aliphatic rings. The van der Waals surface area contributed by atoms with Gasteiger partial charge in [-0.3, -0.25) is 0 Å². The Morgan fingerprint density at radius 2 is 2.00 bits per heavy atom. The van der Waals surface area contributed by atoms with Gasteiger partial charge in [-0.15, -0.1) is 0 Å². The summed E-state index contributed by atoms with van der Waals surface area (Å²) in [7, 11) is 0. The molecule has 18 heavy (non-hydrogen) atoms. The Bertz CT molecular complexity index is 544. The molecule has 1 aromatic heterocycles. The highest BCUT2D eigenvalue weighted by atomic mass is 19.1. The largest absolute Gasteiger partial charge is 0.370 e. The van der Waals surface area contributed by atoms with Gasteiger partial charge in [-0.25, -0.2) is 18.7 Å². The summed E-state index contributed by atoms with van der Waals surface area (Å²) in [6, 6.07) is 5.07. The molecule has 0 atom stereocenters. The number of rotatable bonds is 4. The van der Waals surface area contributed by atoms with Crippen molar-refractivity contribution in [1.29, 1.82) is 0 Å². The molecule has 2 rings (SSSR count). The minimum Gasteiger partial charge on any atom is -0.370 e. The topological polar surface area (TPSA) is 37.8 Å². The van der Waals surface area contributed by atoms with Gasteiger partial charge in [-0.2, -0.15) is 0 Å². The Balaban J connectivity index is 2.32. The SMILES string of the molecule is CCCNc1cc(-c2ccc(F)cc2F)ncn1. The minimum atomic E-state index is -0.629.